The number of ether oxygens (including phenoxy) is 3. The van der Waals surface area contributed by atoms with E-state index < -0.39 is 5.97 Å². The van der Waals surface area contributed by atoms with Crippen LogP contribution in [0.1, 0.15) is 27.7 Å². The Hall–Kier alpha value is -2.80. The second-order valence-corrected chi connectivity index (χ2v) is 6.51. The van der Waals surface area contributed by atoms with Crippen LogP contribution in [0.25, 0.3) is 6.08 Å². The predicted molar refractivity (Wildman–Crippen MR) is 102 cm³/mol. The van der Waals surface area contributed by atoms with Crippen molar-refractivity contribution < 1.29 is 23.8 Å². The van der Waals surface area contributed by atoms with E-state index in [4.69, 9.17) is 14.2 Å². The molecule has 2 aromatic rings. The van der Waals surface area contributed by atoms with Gasteiger partial charge in [0.1, 0.15) is 5.00 Å². The number of aryl methyl sites for hydroxylation is 1. The number of hydrogen-bond donors (Lipinski definition) is 1. The third-order valence-electron chi connectivity index (χ3n) is 3.42. The molecular formula is C19H21NO5S. The smallest absolute Gasteiger partial charge is 0.341 e. The molecule has 0 spiro atoms. The first-order valence-corrected chi connectivity index (χ1v) is 8.78. The lowest BCUT2D eigenvalue weighted by molar-refractivity contribution is -0.111. The highest BCUT2D eigenvalue weighted by Crippen LogP contribution is 2.29. The van der Waals surface area contributed by atoms with Gasteiger partial charge in [0, 0.05) is 11.0 Å². The minimum Gasteiger partial charge on any atom is -0.493 e. The maximum atomic E-state index is 12.2. The molecule has 0 fully saturated rings. The highest BCUT2D eigenvalue weighted by Gasteiger charge is 2.17. The maximum Gasteiger partial charge on any atom is 0.341 e. The van der Waals surface area contributed by atoms with E-state index >= 15 is 0 Å². The highest BCUT2D eigenvalue weighted by atomic mass is 32.1. The lowest BCUT2D eigenvalue weighted by atomic mass is 10.2. The van der Waals surface area contributed by atoms with Crippen molar-refractivity contribution in [2.45, 2.75) is 13.8 Å². The number of amides is 1. The fourth-order valence-electron chi connectivity index (χ4n) is 2.25. The van der Waals surface area contributed by atoms with Gasteiger partial charge in [0.15, 0.2) is 11.5 Å². The molecule has 1 N–H and O–H groups in total. The zero-order valence-corrected chi connectivity index (χ0v) is 15.9. The molecule has 1 heterocycles. The average molecular weight is 375 g/mol. The van der Waals surface area contributed by atoms with Gasteiger partial charge in [0.05, 0.1) is 26.4 Å². The van der Waals surface area contributed by atoms with Crippen LogP contribution in [0, 0.1) is 6.92 Å². The van der Waals surface area contributed by atoms with Crippen LogP contribution >= 0.6 is 11.3 Å². The van der Waals surface area contributed by atoms with E-state index in [9.17, 15) is 9.59 Å². The summed E-state index contributed by atoms with van der Waals surface area (Å²) in [7, 11) is 3.11. The second-order valence-electron chi connectivity index (χ2n) is 5.26. The first-order chi connectivity index (χ1) is 12.5. The van der Waals surface area contributed by atoms with Crippen molar-refractivity contribution in [1.29, 1.82) is 0 Å². The third kappa shape index (κ3) is 4.86. The summed E-state index contributed by atoms with van der Waals surface area (Å²) in [5.41, 5.74) is 1.15. The van der Waals surface area contributed by atoms with Gasteiger partial charge >= 0.3 is 5.97 Å². The van der Waals surface area contributed by atoms with Gasteiger partial charge in [-0.1, -0.05) is 6.07 Å². The number of rotatable bonds is 7. The second kappa shape index (κ2) is 9.05. The van der Waals surface area contributed by atoms with Crippen LogP contribution in [0.15, 0.2) is 30.3 Å². The van der Waals surface area contributed by atoms with Gasteiger partial charge in [0.2, 0.25) is 5.91 Å². The maximum absolute atomic E-state index is 12.2. The van der Waals surface area contributed by atoms with E-state index in [1.807, 2.05) is 13.0 Å². The van der Waals surface area contributed by atoms with Crippen molar-refractivity contribution >= 4 is 34.3 Å². The molecule has 0 aliphatic carbocycles. The minimum atomic E-state index is -0.448. The summed E-state index contributed by atoms with van der Waals surface area (Å²) < 4.78 is 15.4. The summed E-state index contributed by atoms with van der Waals surface area (Å²) in [5.74, 6) is 0.402. The summed E-state index contributed by atoms with van der Waals surface area (Å²) in [6, 6.07) is 7.04. The molecule has 1 aromatic heterocycles. The Bertz CT molecular complexity index is 825. The summed E-state index contributed by atoms with van der Waals surface area (Å²) in [6.07, 6.45) is 3.05. The molecule has 0 atom stereocenters. The number of nitrogens with one attached hydrogen (secondary N) is 1. The lowest BCUT2D eigenvalue weighted by Crippen LogP contribution is -2.11. The molecule has 138 valence electrons. The van der Waals surface area contributed by atoms with Crippen molar-refractivity contribution in [3.63, 3.8) is 0 Å². The zero-order chi connectivity index (χ0) is 19.1. The van der Waals surface area contributed by atoms with Gasteiger partial charge in [-0.2, -0.15) is 0 Å². The van der Waals surface area contributed by atoms with E-state index in [1.54, 1.807) is 45.4 Å². The fraction of sp³-hybridized carbons (Fsp3) is 0.263. The Morgan fingerprint density at radius 1 is 1.15 bits per heavy atom. The van der Waals surface area contributed by atoms with Crippen LogP contribution < -0.4 is 14.8 Å². The number of carbonyl (C=O) groups excluding carboxylic acids is 2. The Morgan fingerprint density at radius 3 is 2.54 bits per heavy atom. The standard InChI is InChI=1S/C19H21NO5S/c1-5-25-19(22)14-10-12(2)26-18(14)20-17(21)9-7-13-6-8-15(23-3)16(11-13)24-4/h6-11H,5H2,1-4H3,(H,20,21)/b9-7+. The van der Waals surface area contributed by atoms with Crippen molar-refractivity contribution in [3.05, 3.63) is 46.3 Å². The van der Waals surface area contributed by atoms with Crippen LogP contribution in [-0.4, -0.2) is 32.7 Å². The molecule has 0 aliphatic rings. The molecule has 1 aromatic carbocycles. The van der Waals surface area contributed by atoms with Crippen LogP contribution in [-0.2, 0) is 9.53 Å². The van der Waals surface area contributed by atoms with Gasteiger partial charge < -0.3 is 19.5 Å². The number of carbonyl (C=O) groups is 2. The zero-order valence-electron chi connectivity index (χ0n) is 15.1. The molecule has 1 amide bonds. The Labute approximate surface area is 156 Å². The topological polar surface area (TPSA) is 73.9 Å². The lowest BCUT2D eigenvalue weighted by Gasteiger charge is -2.07. The van der Waals surface area contributed by atoms with E-state index in [0.29, 0.717) is 22.1 Å². The van der Waals surface area contributed by atoms with Gasteiger partial charge in [-0.3, -0.25) is 4.79 Å². The summed E-state index contributed by atoms with van der Waals surface area (Å²) in [5, 5.41) is 3.20. The van der Waals surface area contributed by atoms with Crippen molar-refractivity contribution in [3.8, 4) is 11.5 Å². The average Bonchev–Trinajstić information content (AvgIpc) is 3.00. The van der Waals surface area contributed by atoms with Gasteiger partial charge in [-0.25, -0.2) is 4.79 Å². The molecule has 7 heteroatoms. The minimum absolute atomic E-state index is 0.278. The Balaban J connectivity index is 2.12. The molecule has 26 heavy (non-hydrogen) atoms. The SMILES string of the molecule is CCOC(=O)c1cc(C)sc1NC(=O)/C=C/c1ccc(OC)c(OC)c1. The third-order valence-corrected chi connectivity index (χ3v) is 4.39. The highest BCUT2D eigenvalue weighted by molar-refractivity contribution is 7.16. The van der Waals surface area contributed by atoms with Crippen LogP contribution in [0.5, 0.6) is 11.5 Å². The number of esters is 1. The van der Waals surface area contributed by atoms with Crippen LogP contribution in [0.4, 0.5) is 5.00 Å². The molecule has 0 aliphatic heterocycles. The number of anilines is 1. The quantitative estimate of drug-likeness (QED) is 0.587. The van der Waals surface area contributed by atoms with Crippen LogP contribution in [0.2, 0.25) is 0 Å². The van der Waals surface area contributed by atoms with Gasteiger partial charge in [0.25, 0.3) is 0 Å². The monoisotopic (exact) mass is 375 g/mol. The molecule has 2 rings (SSSR count). The molecule has 6 nitrogen and oxygen atoms in total. The molecular weight excluding hydrogens is 354 g/mol. The molecule has 0 radical (unpaired) electrons. The fourth-order valence-corrected chi connectivity index (χ4v) is 3.15. The van der Waals surface area contributed by atoms with Crippen molar-refractivity contribution in [1.82, 2.24) is 0 Å². The van der Waals surface area contributed by atoms with Crippen molar-refractivity contribution in [2.24, 2.45) is 0 Å². The molecule has 0 saturated carbocycles. The first kappa shape index (κ1) is 19.5. The number of hydrogen-bond acceptors (Lipinski definition) is 6. The largest absolute Gasteiger partial charge is 0.493 e. The normalized spacial score (nSPS) is 10.6. The van der Waals surface area contributed by atoms with E-state index in [1.165, 1.54) is 17.4 Å². The Kier molecular flexibility index (Phi) is 6.80. The summed E-state index contributed by atoms with van der Waals surface area (Å²) in [4.78, 5) is 25.1. The Morgan fingerprint density at radius 2 is 1.88 bits per heavy atom. The molecule has 0 unspecified atom stereocenters. The molecule has 0 bridgehead atoms. The first-order valence-electron chi connectivity index (χ1n) is 7.97. The van der Waals surface area contributed by atoms with E-state index in [0.717, 1.165) is 10.4 Å². The van der Waals surface area contributed by atoms with E-state index in [-0.39, 0.29) is 12.5 Å². The van der Waals surface area contributed by atoms with E-state index in [2.05, 4.69) is 5.32 Å². The molecule has 0 saturated heterocycles. The van der Waals surface area contributed by atoms with Gasteiger partial charge in [-0.15, -0.1) is 11.3 Å². The number of methoxy groups -OCH3 is 2. The number of thiophene rings is 1. The van der Waals surface area contributed by atoms with Crippen molar-refractivity contribution in [2.75, 3.05) is 26.1 Å². The van der Waals surface area contributed by atoms with Gasteiger partial charge in [-0.05, 0) is 43.7 Å². The van der Waals surface area contributed by atoms with Crippen LogP contribution in [0.3, 0.4) is 0 Å². The number of benzene rings is 1. The summed E-state index contributed by atoms with van der Waals surface area (Å²) >= 11 is 1.33. The predicted octanol–water partition coefficient (Wildman–Crippen LogP) is 3.90. The summed E-state index contributed by atoms with van der Waals surface area (Å²) in [6.45, 7) is 3.88.